The first-order valence-electron chi connectivity index (χ1n) is 7.83. The second-order valence-corrected chi connectivity index (χ2v) is 5.89. The highest BCUT2D eigenvalue weighted by atomic mass is 35.5. The summed E-state index contributed by atoms with van der Waals surface area (Å²) in [5.74, 6) is -1.18. The highest BCUT2D eigenvalue weighted by Gasteiger charge is 2.25. The highest BCUT2D eigenvalue weighted by Crippen LogP contribution is 2.22. The smallest absolute Gasteiger partial charge is 0.314 e. The molecule has 2 rings (SSSR count). The summed E-state index contributed by atoms with van der Waals surface area (Å²) in [6.07, 6.45) is -0.292. The predicted molar refractivity (Wildman–Crippen MR) is 95.1 cm³/mol. The molecule has 1 amide bonds. The van der Waals surface area contributed by atoms with Crippen molar-refractivity contribution in [3.63, 3.8) is 0 Å². The van der Waals surface area contributed by atoms with E-state index in [0.717, 1.165) is 5.56 Å². The topological polar surface area (TPSA) is 55.4 Å². The monoisotopic (exact) mass is 345 g/mol. The van der Waals surface area contributed by atoms with Crippen molar-refractivity contribution in [1.29, 1.82) is 0 Å². The van der Waals surface area contributed by atoms with Gasteiger partial charge in [0.2, 0.25) is 0 Å². The zero-order valence-corrected chi connectivity index (χ0v) is 14.4. The number of hydrogen-bond donors (Lipinski definition) is 1. The van der Waals surface area contributed by atoms with Gasteiger partial charge >= 0.3 is 5.97 Å². The Bertz CT molecular complexity index is 703. The summed E-state index contributed by atoms with van der Waals surface area (Å²) in [7, 11) is 0. The molecule has 0 aliphatic carbocycles. The van der Waals surface area contributed by atoms with Crippen LogP contribution >= 0.6 is 11.6 Å². The zero-order valence-electron chi connectivity index (χ0n) is 13.7. The van der Waals surface area contributed by atoms with E-state index in [2.05, 4.69) is 5.32 Å². The molecule has 0 aliphatic heterocycles. The van der Waals surface area contributed by atoms with Crippen LogP contribution in [0, 0.1) is 0 Å². The molecule has 2 atom stereocenters. The summed E-state index contributed by atoms with van der Waals surface area (Å²) < 4.78 is 5.34. The first kappa shape index (κ1) is 18.0. The van der Waals surface area contributed by atoms with Crippen LogP contribution in [0.25, 0.3) is 0 Å². The second kappa shape index (κ2) is 8.50. The molecule has 126 valence electrons. The van der Waals surface area contributed by atoms with Gasteiger partial charge in [-0.3, -0.25) is 9.59 Å². The molecular weight excluding hydrogens is 326 g/mol. The van der Waals surface area contributed by atoms with E-state index in [0.29, 0.717) is 17.1 Å². The SMILES string of the molecule is CC[C@@H](C(=O)O[C@H](C)C(=O)Nc1cccc(Cl)c1)c1ccccc1. The maximum absolute atomic E-state index is 12.4. The Morgan fingerprint density at radius 1 is 1.12 bits per heavy atom. The average Bonchev–Trinajstić information content (AvgIpc) is 2.56. The lowest BCUT2D eigenvalue weighted by Crippen LogP contribution is -2.31. The van der Waals surface area contributed by atoms with E-state index in [4.69, 9.17) is 16.3 Å². The maximum atomic E-state index is 12.4. The normalized spacial score (nSPS) is 13.0. The molecule has 24 heavy (non-hydrogen) atoms. The number of amides is 1. The van der Waals surface area contributed by atoms with E-state index < -0.39 is 18.0 Å². The molecule has 0 aliphatic rings. The van der Waals surface area contributed by atoms with Crippen molar-refractivity contribution in [3.8, 4) is 0 Å². The fourth-order valence-corrected chi connectivity index (χ4v) is 2.53. The Labute approximate surface area is 146 Å². The van der Waals surface area contributed by atoms with Crippen LogP contribution in [-0.4, -0.2) is 18.0 Å². The Morgan fingerprint density at radius 3 is 2.46 bits per heavy atom. The third-order valence-electron chi connectivity index (χ3n) is 3.65. The molecule has 4 nitrogen and oxygen atoms in total. The number of esters is 1. The summed E-state index contributed by atoms with van der Waals surface area (Å²) in [6, 6.07) is 16.2. The minimum absolute atomic E-state index is 0.382. The van der Waals surface area contributed by atoms with Crippen molar-refractivity contribution in [2.24, 2.45) is 0 Å². The molecule has 0 spiro atoms. The number of nitrogens with one attached hydrogen (secondary N) is 1. The van der Waals surface area contributed by atoms with Crippen molar-refractivity contribution < 1.29 is 14.3 Å². The van der Waals surface area contributed by atoms with E-state index in [-0.39, 0.29) is 5.92 Å². The Kier molecular flexibility index (Phi) is 6.38. The molecule has 0 saturated carbocycles. The summed E-state index contributed by atoms with van der Waals surface area (Å²) >= 11 is 5.88. The molecule has 0 fully saturated rings. The van der Waals surface area contributed by atoms with Gasteiger partial charge in [-0.2, -0.15) is 0 Å². The molecule has 2 aromatic rings. The maximum Gasteiger partial charge on any atom is 0.314 e. The highest BCUT2D eigenvalue weighted by molar-refractivity contribution is 6.30. The first-order valence-corrected chi connectivity index (χ1v) is 8.21. The van der Waals surface area contributed by atoms with Gasteiger partial charge in [0.05, 0.1) is 5.92 Å². The van der Waals surface area contributed by atoms with Gasteiger partial charge in [0.25, 0.3) is 5.91 Å². The number of anilines is 1. The molecule has 0 unspecified atom stereocenters. The van der Waals surface area contributed by atoms with Gasteiger partial charge in [0, 0.05) is 10.7 Å². The average molecular weight is 346 g/mol. The number of carbonyl (C=O) groups excluding carboxylic acids is 2. The van der Waals surface area contributed by atoms with Crippen LogP contribution in [-0.2, 0) is 14.3 Å². The molecule has 0 bridgehead atoms. The van der Waals surface area contributed by atoms with Crippen LogP contribution in [0.3, 0.4) is 0 Å². The number of halogens is 1. The van der Waals surface area contributed by atoms with Crippen LogP contribution in [0.5, 0.6) is 0 Å². The van der Waals surface area contributed by atoms with Gasteiger partial charge in [0.15, 0.2) is 6.10 Å². The third kappa shape index (κ3) is 4.83. The lowest BCUT2D eigenvalue weighted by Gasteiger charge is -2.18. The summed E-state index contributed by atoms with van der Waals surface area (Å²) in [6.45, 7) is 3.46. The third-order valence-corrected chi connectivity index (χ3v) is 3.88. The molecule has 0 heterocycles. The number of rotatable bonds is 6. The number of carbonyl (C=O) groups is 2. The predicted octanol–water partition coefficient (Wildman–Crippen LogP) is 4.40. The van der Waals surface area contributed by atoms with Crippen LogP contribution in [0.1, 0.15) is 31.7 Å². The van der Waals surface area contributed by atoms with Crippen molar-refractivity contribution in [1.82, 2.24) is 0 Å². The molecule has 5 heteroatoms. The van der Waals surface area contributed by atoms with Crippen molar-refractivity contribution in [2.75, 3.05) is 5.32 Å². The summed E-state index contributed by atoms with van der Waals surface area (Å²) in [4.78, 5) is 24.5. The van der Waals surface area contributed by atoms with Gasteiger partial charge in [0.1, 0.15) is 0 Å². The van der Waals surface area contributed by atoms with Crippen LogP contribution in [0.4, 0.5) is 5.69 Å². The molecule has 1 N–H and O–H groups in total. The van der Waals surface area contributed by atoms with Crippen molar-refractivity contribution in [2.45, 2.75) is 32.3 Å². The Hall–Kier alpha value is -2.33. The zero-order chi connectivity index (χ0) is 17.5. The van der Waals surface area contributed by atoms with Gasteiger partial charge in [-0.25, -0.2) is 0 Å². The lowest BCUT2D eigenvalue weighted by atomic mass is 9.97. The van der Waals surface area contributed by atoms with E-state index in [1.54, 1.807) is 31.2 Å². The van der Waals surface area contributed by atoms with Crippen LogP contribution in [0.2, 0.25) is 5.02 Å². The number of hydrogen-bond acceptors (Lipinski definition) is 3. The summed E-state index contributed by atoms with van der Waals surface area (Å²) in [5.41, 5.74) is 1.44. The lowest BCUT2D eigenvalue weighted by molar-refractivity contribution is -0.154. The molecule has 0 aromatic heterocycles. The molecular formula is C19H20ClNO3. The van der Waals surface area contributed by atoms with Gasteiger partial charge in [-0.05, 0) is 37.1 Å². The number of benzene rings is 2. The standard InChI is InChI=1S/C19H20ClNO3/c1-3-17(14-8-5-4-6-9-14)19(23)24-13(2)18(22)21-16-11-7-10-15(20)12-16/h4-13,17H,3H2,1-2H3,(H,21,22)/t13-,17-/m1/s1. The largest absolute Gasteiger partial charge is 0.452 e. The quantitative estimate of drug-likeness (QED) is 0.789. The van der Waals surface area contributed by atoms with Crippen LogP contribution < -0.4 is 5.32 Å². The van der Waals surface area contributed by atoms with E-state index >= 15 is 0 Å². The van der Waals surface area contributed by atoms with Gasteiger partial charge in [-0.15, -0.1) is 0 Å². The van der Waals surface area contributed by atoms with E-state index in [1.807, 2.05) is 37.3 Å². The van der Waals surface area contributed by atoms with E-state index in [9.17, 15) is 9.59 Å². The van der Waals surface area contributed by atoms with E-state index in [1.165, 1.54) is 0 Å². The molecule has 0 saturated heterocycles. The Morgan fingerprint density at radius 2 is 1.83 bits per heavy atom. The number of ether oxygens (including phenoxy) is 1. The fraction of sp³-hybridized carbons (Fsp3) is 0.263. The van der Waals surface area contributed by atoms with Crippen molar-refractivity contribution in [3.05, 3.63) is 65.2 Å². The minimum atomic E-state index is -0.894. The van der Waals surface area contributed by atoms with Gasteiger partial charge < -0.3 is 10.1 Å². The first-order chi connectivity index (χ1) is 11.5. The van der Waals surface area contributed by atoms with Crippen LogP contribution in [0.15, 0.2) is 54.6 Å². The molecule has 2 aromatic carbocycles. The molecule has 0 radical (unpaired) electrons. The fourth-order valence-electron chi connectivity index (χ4n) is 2.34. The van der Waals surface area contributed by atoms with Gasteiger partial charge in [-0.1, -0.05) is 54.9 Å². The van der Waals surface area contributed by atoms with Crippen molar-refractivity contribution >= 4 is 29.2 Å². The second-order valence-electron chi connectivity index (χ2n) is 5.45. The summed E-state index contributed by atoms with van der Waals surface area (Å²) in [5, 5.41) is 3.20. The minimum Gasteiger partial charge on any atom is -0.452 e. The Balaban J connectivity index is 1.98.